The number of morpholine rings is 1. The molecule has 1 aliphatic rings. The van der Waals surface area contributed by atoms with E-state index in [1.807, 2.05) is 24.3 Å². The molecule has 4 rings (SSSR count). The highest BCUT2D eigenvalue weighted by atomic mass is 19.1. The van der Waals surface area contributed by atoms with Crippen LogP contribution < -0.4 is 15.5 Å². The average molecular weight is 392 g/mol. The van der Waals surface area contributed by atoms with Crippen molar-refractivity contribution in [1.29, 1.82) is 0 Å². The van der Waals surface area contributed by atoms with E-state index in [-0.39, 0.29) is 11.7 Å². The zero-order valence-corrected chi connectivity index (χ0v) is 15.8. The molecule has 0 radical (unpaired) electrons. The first kappa shape index (κ1) is 18.9. The average Bonchev–Trinajstić information content (AvgIpc) is 2.77. The Morgan fingerprint density at radius 2 is 1.69 bits per heavy atom. The van der Waals surface area contributed by atoms with Crippen LogP contribution in [0.5, 0.6) is 0 Å². The lowest BCUT2D eigenvalue weighted by atomic mass is 10.1. The maximum atomic E-state index is 13.1. The Balaban J connectivity index is 1.46. The van der Waals surface area contributed by atoms with Crippen LogP contribution in [-0.2, 0) is 4.74 Å². The van der Waals surface area contributed by atoms with Gasteiger partial charge in [-0.2, -0.15) is 0 Å². The maximum Gasteiger partial charge on any atom is 0.255 e. The lowest BCUT2D eigenvalue weighted by Gasteiger charge is -2.28. The molecule has 0 saturated carbocycles. The van der Waals surface area contributed by atoms with E-state index in [4.69, 9.17) is 4.74 Å². The highest BCUT2D eigenvalue weighted by Gasteiger charge is 2.13. The van der Waals surface area contributed by atoms with Crippen LogP contribution in [0.1, 0.15) is 10.4 Å². The quantitative estimate of drug-likeness (QED) is 0.686. The topological polar surface area (TPSA) is 66.5 Å². The molecule has 0 spiro atoms. The van der Waals surface area contributed by atoms with Gasteiger partial charge >= 0.3 is 0 Å². The van der Waals surface area contributed by atoms with E-state index in [2.05, 4.69) is 20.5 Å². The van der Waals surface area contributed by atoms with Crippen molar-refractivity contribution >= 4 is 28.7 Å². The van der Waals surface area contributed by atoms with E-state index < -0.39 is 0 Å². The summed E-state index contributed by atoms with van der Waals surface area (Å²) in [6.45, 7) is 3.12. The predicted octanol–water partition coefficient (Wildman–Crippen LogP) is 4.05. The maximum absolute atomic E-state index is 13.1. The van der Waals surface area contributed by atoms with Crippen LogP contribution in [0.4, 0.5) is 27.1 Å². The molecule has 1 aliphatic heterocycles. The van der Waals surface area contributed by atoms with Crippen LogP contribution in [0.25, 0.3) is 0 Å². The molecule has 1 saturated heterocycles. The zero-order chi connectivity index (χ0) is 20.1. The number of nitrogens with one attached hydrogen (secondary N) is 2. The molecule has 2 aromatic carbocycles. The van der Waals surface area contributed by atoms with E-state index in [0.717, 1.165) is 18.8 Å². The summed E-state index contributed by atoms with van der Waals surface area (Å²) in [4.78, 5) is 19.0. The van der Waals surface area contributed by atoms with E-state index in [9.17, 15) is 9.18 Å². The molecular formula is C22H21FN4O2. The molecule has 29 heavy (non-hydrogen) atoms. The smallest absolute Gasteiger partial charge is 0.255 e. The molecule has 6 nitrogen and oxygen atoms in total. The Hall–Kier alpha value is -3.45. The predicted molar refractivity (Wildman–Crippen MR) is 111 cm³/mol. The van der Waals surface area contributed by atoms with Crippen LogP contribution >= 0.6 is 0 Å². The van der Waals surface area contributed by atoms with Gasteiger partial charge < -0.3 is 20.3 Å². The van der Waals surface area contributed by atoms with Crippen LogP contribution in [0.3, 0.4) is 0 Å². The van der Waals surface area contributed by atoms with Crippen molar-refractivity contribution in [3.8, 4) is 0 Å². The molecule has 0 aliphatic carbocycles. The highest BCUT2D eigenvalue weighted by molar-refractivity contribution is 6.06. The summed E-state index contributed by atoms with van der Waals surface area (Å²) in [6.07, 6.45) is 3.20. The minimum absolute atomic E-state index is 0.228. The summed E-state index contributed by atoms with van der Waals surface area (Å²) in [5, 5.41) is 6.05. The van der Waals surface area contributed by atoms with Crippen molar-refractivity contribution in [1.82, 2.24) is 4.98 Å². The molecule has 148 valence electrons. The van der Waals surface area contributed by atoms with Crippen LogP contribution in [-0.4, -0.2) is 37.2 Å². The van der Waals surface area contributed by atoms with Crippen molar-refractivity contribution in [2.24, 2.45) is 0 Å². The van der Waals surface area contributed by atoms with Gasteiger partial charge in [-0.15, -0.1) is 0 Å². The fourth-order valence-corrected chi connectivity index (χ4v) is 3.13. The number of benzene rings is 2. The number of nitrogens with zero attached hydrogens (tertiary/aromatic N) is 2. The number of carbonyl (C=O) groups is 1. The van der Waals surface area contributed by atoms with Gasteiger partial charge in [0.05, 0.1) is 30.8 Å². The van der Waals surface area contributed by atoms with E-state index in [1.165, 1.54) is 12.1 Å². The number of halogens is 1. The first-order valence-electron chi connectivity index (χ1n) is 9.40. The van der Waals surface area contributed by atoms with E-state index in [0.29, 0.717) is 35.8 Å². The zero-order valence-electron chi connectivity index (χ0n) is 15.8. The molecule has 1 amide bonds. The summed E-state index contributed by atoms with van der Waals surface area (Å²) >= 11 is 0. The van der Waals surface area contributed by atoms with Crippen molar-refractivity contribution in [3.63, 3.8) is 0 Å². The minimum Gasteiger partial charge on any atom is -0.378 e. The summed E-state index contributed by atoms with van der Waals surface area (Å²) in [5.41, 5.74) is 3.55. The van der Waals surface area contributed by atoms with Gasteiger partial charge in [0.1, 0.15) is 5.82 Å². The SMILES string of the molecule is O=C(Nc1cnccc1Nc1ccc(F)cc1)c1ccc(N2CCOCC2)cc1. The summed E-state index contributed by atoms with van der Waals surface area (Å²) in [6, 6.07) is 15.3. The van der Waals surface area contributed by atoms with Crippen molar-refractivity contribution in [2.45, 2.75) is 0 Å². The second-order valence-corrected chi connectivity index (χ2v) is 6.65. The summed E-state index contributed by atoms with van der Waals surface area (Å²) in [5.74, 6) is -0.534. The number of pyridine rings is 1. The van der Waals surface area contributed by atoms with Gasteiger partial charge in [0.2, 0.25) is 0 Å². The highest BCUT2D eigenvalue weighted by Crippen LogP contribution is 2.25. The minimum atomic E-state index is -0.306. The fourth-order valence-electron chi connectivity index (χ4n) is 3.13. The van der Waals surface area contributed by atoms with Crippen LogP contribution in [0, 0.1) is 5.82 Å². The summed E-state index contributed by atoms with van der Waals surface area (Å²) in [7, 11) is 0. The number of aromatic nitrogens is 1. The number of rotatable bonds is 5. The molecule has 7 heteroatoms. The molecule has 1 fully saturated rings. The van der Waals surface area contributed by atoms with Gasteiger partial charge in [-0.1, -0.05) is 0 Å². The fraction of sp³-hybridized carbons (Fsp3) is 0.182. The number of amides is 1. The van der Waals surface area contributed by atoms with Crippen molar-refractivity contribution in [3.05, 3.63) is 78.4 Å². The molecule has 3 aromatic rings. The number of ether oxygens (including phenoxy) is 1. The van der Waals surface area contributed by atoms with Gasteiger partial charge in [0.25, 0.3) is 5.91 Å². The van der Waals surface area contributed by atoms with Gasteiger partial charge in [-0.25, -0.2) is 4.39 Å². The molecule has 2 heterocycles. The van der Waals surface area contributed by atoms with Gasteiger partial charge in [-0.3, -0.25) is 9.78 Å². The van der Waals surface area contributed by atoms with E-state index >= 15 is 0 Å². The summed E-state index contributed by atoms with van der Waals surface area (Å²) < 4.78 is 18.5. The van der Waals surface area contributed by atoms with Crippen LogP contribution in [0.15, 0.2) is 67.0 Å². The Labute approximate surface area is 168 Å². The normalized spacial score (nSPS) is 13.8. The molecule has 0 bridgehead atoms. The molecular weight excluding hydrogens is 371 g/mol. The Kier molecular flexibility index (Phi) is 5.67. The van der Waals surface area contributed by atoms with Gasteiger partial charge in [0.15, 0.2) is 0 Å². The lowest BCUT2D eigenvalue weighted by molar-refractivity contribution is 0.102. The molecule has 1 aromatic heterocycles. The third kappa shape index (κ3) is 4.70. The van der Waals surface area contributed by atoms with E-state index in [1.54, 1.807) is 30.6 Å². The van der Waals surface area contributed by atoms with Crippen molar-refractivity contribution in [2.75, 3.05) is 41.8 Å². The number of hydrogen-bond acceptors (Lipinski definition) is 5. The van der Waals surface area contributed by atoms with Crippen LogP contribution in [0.2, 0.25) is 0 Å². The van der Waals surface area contributed by atoms with Gasteiger partial charge in [-0.05, 0) is 54.6 Å². The standard InChI is InChI=1S/C22H21FN4O2/c23-17-3-5-18(6-4-17)25-20-9-10-24-15-21(20)26-22(28)16-1-7-19(8-2-16)27-11-13-29-14-12-27/h1-10,15H,11-14H2,(H,24,25)(H,26,28). The molecule has 0 atom stereocenters. The largest absolute Gasteiger partial charge is 0.378 e. The first-order valence-corrected chi connectivity index (χ1v) is 9.40. The third-order valence-electron chi connectivity index (χ3n) is 4.70. The second kappa shape index (κ2) is 8.70. The monoisotopic (exact) mass is 392 g/mol. The number of hydrogen-bond donors (Lipinski definition) is 2. The second-order valence-electron chi connectivity index (χ2n) is 6.65. The Morgan fingerprint density at radius 3 is 2.41 bits per heavy atom. The van der Waals surface area contributed by atoms with Gasteiger partial charge in [0, 0.05) is 36.2 Å². The Bertz CT molecular complexity index is 971. The number of anilines is 4. The third-order valence-corrected chi connectivity index (χ3v) is 4.70. The molecule has 0 unspecified atom stereocenters. The lowest BCUT2D eigenvalue weighted by Crippen LogP contribution is -2.36. The Morgan fingerprint density at radius 1 is 0.966 bits per heavy atom. The van der Waals surface area contributed by atoms with Crippen molar-refractivity contribution < 1.29 is 13.9 Å². The first-order chi connectivity index (χ1) is 14.2. The molecule has 2 N–H and O–H groups in total. The number of carbonyl (C=O) groups excluding carboxylic acids is 1.